The van der Waals surface area contributed by atoms with Crippen LogP contribution in [0.5, 0.6) is 0 Å². The van der Waals surface area contributed by atoms with E-state index in [-0.39, 0.29) is 10.6 Å². The number of halogens is 3. The maximum Gasteiger partial charge on any atom is 0.408 e. The molecular formula is C17H16F3N3O3S. The van der Waals surface area contributed by atoms with E-state index in [9.17, 15) is 26.4 Å². The third-order valence-corrected chi connectivity index (χ3v) is 5.49. The molecule has 3 N–H and O–H groups in total. The average Bonchev–Trinajstić information content (AvgIpc) is 2.60. The molecule has 0 saturated heterocycles. The van der Waals surface area contributed by atoms with E-state index in [1.165, 1.54) is 30.3 Å². The van der Waals surface area contributed by atoms with Crippen LogP contribution in [0.15, 0.2) is 59.5 Å². The number of carbonyl (C=O) groups is 1. The highest BCUT2D eigenvalue weighted by molar-refractivity contribution is 7.89. The number of fused-ring (bicyclic) bond motifs is 1. The maximum absolute atomic E-state index is 13.4. The summed E-state index contributed by atoms with van der Waals surface area (Å²) >= 11 is 0. The molecule has 2 atom stereocenters. The second kappa shape index (κ2) is 7.20. The zero-order valence-electron chi connectivity index (χ0n) is 13.8. The first-order valence-corrected chi connectivity index (χ1v) is 9.44. The lowest BCUT2D eigenvalue weighted by atomic mass is 10.1. The topological polar surface area (TPSA) is 87.3 Å². The van der Waals surface area contributed by atoms with Crippen LogP contribution in [-0.4, -0.2) is 32.7 Å². The number of nitrogens with one attached hydrogen (secondary N) is 3. The Kier molecular flexibility index (Phi) is 5.11. The molecule has 2 aromatic rings. The van der Waals surface area contributed by atoms with Crippen LogP contribution in [0.1, 0.15) is 5.56 Å². The molecule has 3 rings (SSSR count). The van der Waals surface area contributed by atoms with E-state index in [0.29, 0.717) is 5.56 Å². The van der Waals surface area contributed by atoms with Gasteiger partial charge in [0.2, 0.25) is 10.0 Å². The molecule has 0 spiro atoms. The molecular weight excluding hydrogens is 383 g/mol. The summed E-state index contributed by atoms with van der Waals surface area (Å²) in [6.07, 6.45) is -6.71. The smallest absolute Gasteiger partial charge is 0.360 e. The molecule has 0 aliphatic carbocycles. The summed E-state index contributed by atoms with van der Waals surface area (Å²) in [6.45, 7) is 0. The fourth-order valence-corrected chi connectivity index (χ4v) is 3.97. The van der Waals surface area contributed by atoms with Gasteiger partial charge in [0, 0.05) is 6.42 Å². The SMILES string of the molecule is O=C(N[C@@H](Cc1ccccc1)C(F)(F)F)[C@H]1Nc2ccccc2S(=O)(=O)N1. The summed E-state index contributed by atoms with van der Waals surface area (Å²) in [6, 6.07) is 11.5. The molecule has 2 aromatic carbocycles. The molecule has 0 saturated carbocycles. The molecule has 27 heavy (non-hydrogen) atoms. The first kappa shape index (κ1) is 19.2. The molecule has 1 amide bonds. The van der Waals surface area contributed by atoms with Crippen LogP contribution in [0, 0.1) is 0 Å². The van der Waals surface area contributed by atoms with Crippen LogP contribution in [0.2, 0.25) is 0 Å². The monoisotopic (exact) mass is 399 g/mol. The Balaban J connectivity index is 1.78. The molecule has 6 nitrogen and oxygen atoms in total. The minimum atomic E-state index is -4.70. The van der Waals surface area contributed by atoms with Gasteiger partial charge in [-0.25, -0.2) is 8.42 Å². The molecule has 1 heterocycles. The number of hydrogen-bond donors (Lipinski definition) is 3. The third-order valence-electron chi connectivity index (χ3n) is 4.01. The predicted octanol–water partition coefficient (Wildman–Crippen LogP) is 2.01. The quantitative estimate of drug-likeness (QED) is 0.734. The highest BCUT2D eigenvalue weighted by atomic mass is 32.2. The van der Waals surface area contributed by atoms with Crippen molar-refractivity contribution in [2.45, 2.75) is 29.7 Å². The third kappa shape index (κ3) is 4.40. The summed E-state index contributed by atoms with van der Waals surface area (Å²) in [5.41, 5.74) is 0.533. The maximum atomic E-state index is 13.4. The molecule has 0 aromatic heterocycles. The first-order valence-electron chi connectivity index (χ1n) is 7.96. The normalized spacial score (nSPS) is 19.4. The summed E-state index contributed by atoms with van der Waals surface area (Å²) in [4.78, 5) is 12.3. The summed E-state index contributed by atoms with van der Waals surface area (Å²) in [7, 11) is -4.02. The van der Waals surface area contributed by atoms with E-state index in [1.54, 1.807) is 24.3 Å². The zero-order valence-corrected chi connectivity index (χ0v) is 14.6. The van der Waals surface area contributed by atoms with Crippen LogP contribution < -0.4 is 15.4 Å². The van der Waals surface area contributed by atoms with Crippen molar-refractivity contribution in [3.05, 3.63) is 60.2 Å². The molecule has 0 radical (unpaired) electrons. The molecule has 144 valence electrons. The molecule has 0 unspecified atom stereocenters. The molecule has 0 fully saturated rings. The number of alkyl halides is 3. The standard InChI is InChI=1S/C17H16F3N3O3S/c18-17(19,20)14(10-11-6-2-1-3-7-11)22-16(24)15-21-12-8-4-5-9-13(12)27(25,26)23-15/h1-9,14-15,21,23H,10H2,(H,22,24)/t14-,15-/m0/s1. The summed E-state index contributed by atoms with van der Waals surface area (Å²) < 4.78 is 66.5. The van der Waals surface area contributed by atoms with Gasteiger partial charge >= 0.3 is 6.18 Å². The number of benzene rings is 2. The number of hydrogen-bond acceptors (Lipinski definition) is 4. The van der Waals surface area contributed by atoms with Crippen molar-refractivity contribution in [2.75, 3.05) is 5.32 Å². The average molecular weight is 399 g/mol. The Labute approximate surface area is 153 Å². The number of sulfonamides is 1. The van der Waals surface area contributed by atoms with Crippen LogP contribution in [0.4, 0.5) is 18.9 Å². The summed E-state index contributed by atoms with van der Waals surface area (Å²) in [5, 5.41) is 4.49. The predicted molar refractivity (Wildman–Crippen MR) is 92.3 cm³/mol. The van der Waals surface area contributed by atoms with Gasteiger partial charge in [0.15, 0.2) is 6.17 Å². The first-order chi connectivity index (χ1) is 12.7. The zero-order chi connectivity index (χ0) is 19.7. The van der Waals surface area contributed by atoms with Gasteiger partial charge in [0.25, 0.3) is 5.91 Å². The second-order valence-corrected chi connectivity index (χ2v) is 7.67. The number of para-hydroxylation sites is 1. The summed E-state index contributed by atoms with van der Waals surface area (Å²) in [5.74, 6) is -1.12. The molecule has 1 aliphatic rings. The lowest BCUT2D eigenvalue weighted by molar-refractivity contribution is -0.161. The van der Waals surface area contributed by atoms with E-state index < -0.39 is 40.7 Å². The molecule has 1 aliphatic heterocycles. The Morgan fingerprint density at radius 2 is 1.70 bits per heavy atom. The van der Waals surface area contributed by atoms with E-state index in [0.717, 1.165) is 0 Å². The number of amides is 1. The molecule has 10 heteroatoms. The highest BCUT2D eigenvalue weighted by Gasteiger charge is 2.42. The van der Waals surface area contributed by atoms with Crippen molar-refractivity contribution in [1.29, 1.82) is 0 Å². The van der Waals surface area contributed by atoms with Gasteiger partial charge in [-0.3, -0.25) is 4.79 Å². The van der Waals surface area contributed by atoms with Crippen LogP contribution in [0.25, 0.3) is 0 Å². The van der Waals surface area contributed by atoms with E-state index >= 15 is 0 Å². The van der Waals surface area contributed by atoms with Crippen molar-refractivity contribution in [3.63, 3.8) is 0 Å². The van der Waals surface area contributed by atoms with E-state index in [4.69, 9.17) is 0 Å². The second-order valence-electron chi connectivity index (χ2n) is 5.99. The molecule has 0 bridgehead atoms. The van der Waals surface area contributed by atoms with Crippen LogP contribution in [-0.2, 0) is 21.2 Å². The highest BCUT2D eigenvalue weighted by Crippen LogP contribution is 2.26. The minimum absolute atomic E-state index is 0.0780. The van der Waals surface area contributed by atoms with Crippen molar-refractivity contribution >= 4 is 21.6 Å². The Bertz CT molecular complexity index is 933. The largest absolute Gasteiger partial charge is 0.408 e. The Morgan fingerprint density at radius 1 is 1.07 bits per heavy atom. The van der Waals surface area contributed by atoms with Gasteiger partial charge in [0.05, 0.1) is 5.69 Å². The van der Waals surface area contributed by atoms with Gasteiger partial charge in [-0.2, -0.15) is 17.9 Å². The van der Waals surface area contributed by atoms with Gasteiger partial charge < -0.3 is 10.6 Å². The van der Waals surface area contributed by atoms with Crippen LogP contribution in [0.3, 0.4) is 0 Å². The fourth-order valence-electron chi connectivity index (χ4n) is 2.70. The Hall–Kier alpha value is -2.59. The van der Waals surface area contributed by atoms with Crippen molar-refractivity contribution in [1.82, 2.24) is 10.0 Å². The van der Waals surface area contributed by atoms with Gasteiger partial charge in [-0.1, -0.05) is 42.5 Å². The minimum Gasteiger partial charge on any atom is -0.360 e. The number of carbonyl (C=O) groups excluding carboxylic acids is 1. The lowest BCUT2D eigenvalue weighted by Gasteiger charge is -2.29. The number of rotatable bonds is 4. The van der Waals surface area contributed by atoms with Gasteiger partial charge in [-0.05, 0) is 17.7 Å². The van der Waals surface area contributed by atoms with Gasteiger partial charge in [-0.15, -0.1) is 0 Å². The van der Waals surface area contributed by atoms with Crippen molar-refractivity contribution in [3.8, 4) is 0 Å². The van der Waals surface area contributed by atoms with Crippen molar-refractivity contribution < 1.29 is 26.4 Å². The number of anilines is 1. The van der Waals surface area contributed by atoms with Crippen molar-refractivity contribution in [2.24, 2.45) is 0 Å². The Morgan fingerprint density at radius 3 is 2.37 bits per heavy atom. The van der Waals surface area contributed by atoms with Gasteiger partial charge in [0.1, 0.15) is 10.9 Å². The van der Waals surface area contributed by atoms with Crippen LogP contribution >= 0.6 is 0 Å². The fraction of sp³-hybridized carbons (Fsp3) is 0.235. The van der Waals surface area contributed by atoms with E-state index in [2.05, 4.69) is 10.0 Å². The van der Waals surface area contributed by atoms with E-state index in [1.807, 2.05) is 5.32 Å². The lowest BCUT2D eigenvalue weighted by Crippen LogP contribution is -2.58.